The molecule has 5 nitrogen and oxygen atoms in total. The molecule has 0 aromatic carbocycles. The molecule has 108 valence electrons. The van der Waals surface area contributed by atoms with E-state index < -0.39 is 11.4 Å². The molecule has 0 saturated heterocycles. The summed E-state index contributed by atoms with van der Waals surface area (Å²) in [5.41, 5.74) is 4.66. The van der Waals surface area contributed by atoms with Crippen LogP contribution in [-0.2, 0) is 14.3 Å². The first-order chi connectivity index (χ1) is 9.25. The van der Waals surface area contributed by atoms with E-state index in [0.717, 1.165) is 0 Å². The fourth-order valence-corrected chi connectivity index (χ4v) is 2.98. The number of amides is 2. The van der Waals surface area contributed by atoms with E-state index >= 15 is 0 Å². The molecule has 1 aromatic rings. The molecule has 0 unspecified atom stereocenters. The van der Waals surface area contributed by atoms with Gasteiger partial charge in [-0.25, -0.2) is 0 Å². The molecule has 0 spiro atoms. The number of ether oxygens (including phenoxy) is 1. The molecule has 2 rings (SSSR count). The topological polar surface area (TPSA) is 72.6 Å². The van der Waals surface area contributed by atoms with Gasteiger partial charge in [0.1, 0.15) is 11.3 Å². The predicted octanol–water partition coefficient (Wildman–Crippen LogP) is 2.21. The van der Waals surface area contributed by atoms with Gasteiger partial charge in [0.05, 0.1) is 9.91 Å². The molecule has 0 saturated carbocycles. The van der Waals surface area contributed by atoms with Gasteiger partial charge in [0.2, 0.25) is 5.91 Å². The second kappa shape index (κ2) is 5.10. The number of halogens is 1. The van der Waals surface area contributed by atoms with Crippen molar-refractivity contribution in [1.29, 1.82) is 0 Å². The van der Waals surface area contributed by atoms with Crippen molar-refractivity contribution in [3.05, 3.63) is 27.1 Å². The van der Waals surface area contributed by atoms with Crippen molar-refractivity contribution in [1.82, 2.24) is 4.90 Å². The number of rotatable bonds is 3. The zero-order valence-corrected chi connectivity index (χ0v) is 13.0. The highest BCUT2D eigenvalue weighted by Gasteiger charge is 2.41. The monoisotopic (exact) mass is 314 g/mol. The van der Waals surface area contributed by atoms with E-state index in [1.165, 1.54) is 16.2 Å². The quantitative estimate of drug-likeness (QED) is 0.929. The maximum absolute atomic E-state index is 12.6. The Kier molecular flexibility index (Phi) is 3.80. The number of carbonyl (C=O) groups is 2. The van der Waals surface area contributed by atoms with Gasteiger partial charge in [-0.2, -0.15) is 0 Å². The van der Waals surface area contributed by atoms with Crippen molar-refractivity contribution in [3.8, 4) is 0 Å². The number of hydrogen-bond acceptors (Lipinski definition) is 4. The van der Waals surface area contributed by atoms with Gasteiger partial charge in [-0.15, -0.1) is 11.3 Å². The Labute approximate surface area is 126 Å². The van der Waals surface area contributed by atoms with Crippen LogP contribution in [0.4, 0.5) is 0 Å². The Morgan fingerprint density at radius 1 is 1.50 bits per heavy atom. The lowest BCUT2D eigenvalue weighted by Gasteiger charge is -2.39. The summed E-state index contributed by atoms with van der Waals surface area (Å²) in [7, 11) is 0. The second-order valence-electron chi connectivity index (χ2n) is 4.96. The van der Waals surface area contributed by atoms with Crippen molar-refractivity contribution in [2.75, 3.05) is 6.73 Å². The SMILES string of the molecule is CC1=C(c2ccc(Cl)s2)C(=O)N(C(C)(C)C(N)=O)CO1. The highest BCUT2D eigenvalue weighted by atomic mass is 35.5. The number of carbonyl (C=O) groups excluding carboxylic acids is 2. The maximum Gasteiger partial charge on any atom is 0.262 e. The molecule has 2 N–H and O–H groups in total. The molecule has 1 aliphatic heterocycles. The third-order valence-electron chi connectivity index (χ3n) is 3.32. The van der Waals surface area contributed by atoms with Crippen molar-refractivity contribution >= 4 is 40.3 Å². The van der Waals surface area contributed by atoms with Crippen molar-refractivity contribution < 1.29 is 14.3 Å². The molecule has 0 radical (unpaired) electrons. The Bertz CT molecular complexity index is 607. The number of allylic oxidation sites excluding steroid dienone is 1. The van der Waals surface area contributed by atoms with E-state index in [1.807, 2.05) is 0 Å². The van der Waals surface area contributed by atoms with Crippen molar-refractivity contribution in [2.45, 2.75) is 26.3 Å². The Hall–Kier alpha value is -1.53. The second-order valence-corrected chi connectivity index (χ2v) is 6.68. The largest absolute Gasteiger partial charge is 0.477 e. The summed E-state index contributed by atoms with van der Waals surface area (Å²) < 4.78 is 6.10. The van der Waals surface area contributed by atoms with Crippen molar-refractivity contribution in [2.24, 2.45) is 5.73 Å². The molecule has 1 aliphatic rings. The highest BCUT2D eigenvalue weighted by molar-refractivity contribution is 7.17. The summed E-state index contributed by atoms with van der Waals surface area (Å²) in [5, 5.41) is 0. The van der Waals surface area contributed by atoms with E-state index in [0.29, 0.717) is 20.5 Å². The first-order valence-electron chi connectivity index (χ1n) is 5.96. The minimum Gasteiger partial charge on any atom is -0.477 e. The third-order valence-corrected chi connectivity index (χ3v) is 4.57. The summed E-state index contributed by atoms with van der Waals surface area (Å²) in [5.74, 6) is -0.348. The van der Waals surface area contributed by atoms with Crippen LogP contribution in [0.3, 0.4) is 0 Å². The number of nitrogens with zero attached hydrogens (tertiary/aromatic N) is 1. The summed E-state index contributed by atoms with van der Waals surface area (Å²) in [4.78, 5) is 26.2. The zero-order valence-electron chi connectivity index (χ0n) is 11.4. The number of nitrogens with two attached hydrogens (primary N) is 1. The zero-order chi connectivity index (χ0) is 15.1. The lowest BCUT2D eigenvalue weighted by Crippen LogP contribution is -2.57. The average molecular weight is 315 g/mol. The van der Waals surface area contributed by atoms with Crippen LogP contribution in [0.15, 0.2) is 17.9 Å². The molecule has 0 fully saturated rings. The van der Waals surface area contributed by atoms with Crippen LogP contribution in [-0.4, -0.2) is 29.0 Å². The number of thiophene rings is 1. The summed E-state index contributed by atoms with van der Waals surface area (Å²) in [6, 6.07) is 3.47. The molecule has 0 atom stereocenters. The molecular weight excluding hydrogens is 300 g/mol. The van der Waals surface area contributed by atoms with Gasteiger partial charge in [0, 0.05) is 4.88 Å². The molecule has 20 heavy (non-hydrogen) atoms. The van der Waals surface area contributed by atoms with Gasteiger partial charge in [-0.1, -0.05) is 11.6 Å². The minimum absolute atomic E-state index is 0.00319. The van der Waals surface area contributed by atoms with Crippen LogP contribution in [0.2, 0.25) is 4.34 Å². The van der Waals surface area contributed by atoms with Crippen LogP contribution >= 0.6 is 22.9 Å². The van der Waals surface area contributed by atoms with E-state index in [2.05, 4.69) is 0 Å². The predicted molar refractivity (Wildman–Crippen MR) is 78.0 cm³/mol. The van der Waals surface area contributed by atoms with Crippen LogP contribution in [0.1, 0.15) is 25.6 Å². The van der Waals surface area contributed by atoms with Crippen LogP contribution in [0.25, 0.3) is 5.57 Å². The van der Waals surface area contributed by atoms with E-state index in [-0.39, 0.29) is 12.6 Å². The number of hydrogen-bond donors (Lipinski definition) is 1. The van der Waals surface area contributed by atoms with Crippen LogP contribution in [0, 0.1) is 0 Å². The van der Waals surface area contributed by atoms with Crippen LogP contribution in [0.5, 0.6) is 0 Å². The van der Waals surface area contributed by atoms with E-state index in [9.17, 15) is 9.59 Å². The summed E-state index contributed by atoms with van der Waals surface area (Å²) in [6.45, 7) is 4.91. The fraction of sp³-hybridized carbons (Fsp3) is 0.385. The minimum atomic E-state index is -1.12. The Morgan fingerprint density at radius 2 is 2.15 bits per heavy atom. The van der Waals surface area contributed by atoms with Gasteiger partial charge >= 0.3 is 0 Å². The average Bonchev–Trinajstić information content (AvgIpc) is 2.75. The van der Waals surface area contributed by atoms with Gasteiger partial charge in [-0.3, -0.25) is 14.5 Å². The van der Waals surface area contributed by atoms with E-state index in [4.69, 9.17) is 22.1 Å². The van der Waals surface area contributed by atoms with Gasteiger partial charge in [-0.05, 0) is 32.9 Å². The standard InChI is InChI=1S/C13H15ClN2O3S/c1-7-10(8-4-5-9(14)20-8)11(17)16(6-19-7)13(2,3)12(15)18/h4-5H,6H2,1-3H3,(H2,15,18). The maximum atomic E-state index is 12.6. The number of primary amides is 1. The fourth-order valence-electron chi connectivity index (χ4n) is 1.85. The first kappa shape index (κ1) is 14.9. The molecular formula is C13H15ClN2O3S. The van der Waals surface area contributed by atoms with Crippen molar-refractivity contribution in [3.63, 3.8) is 0 Å². The van der Waals surface area contributed by atoms with Gasteiger partial charge in [0.25, 0.3) is 5.91 Å². The third kappa shape index (κ3) is 2.41. The molecule has 0 bridgehead atoms. The Balaban J connectivity index is 2.43. The molecule has 0 aliphatic carbocycles. The van der Waals surface area contributed by atoms with E-state index in [1.54, 1.807) is 32.9 Å². The lowest BCUT2D eigenvalue weighted by molar-refractivity contribution is -0.148. The van der Waals surface area contributed by atoms with Gasteiger partial charge < -0.3 is 10.5 Å². The molecule has 1 aromatic heterocycles. The Morgan fingerprint density at radius 3 is 2.65 bits per heavy atom. The molecule has 7 heteroatoms. The normalized spacial score (nSPS) is 16.4. The lowest BCUT2D eigenvalue weighted by atomic mass is 9.99. The van der Waals surface area contributed by atoms with Gasteiger partial charge in [0.15, 0.2) is 6.73 Å². The summed E-state index contributed by atoms with van der Waals surface area (Å²) in [6.07, 6.45) is 0. The molecule has 2 heterocycles. The summed E-state index contributed by atoms with van der Waals surface area (Å²) >= 11 is 7.19. The first-order valence-corrected chi connectivity index (χ1v) is 7.16. The highest BCUT2D eigenvalue weighted by Crippen LogP contribution is 2.35. The van der Waals surface area contributed by atoms with Crippen LogP contribution < -0.4 is 5.73 Å². The smallest absolute Gasteiger partial charge is 0.262 e. The molecule has 2 amide bonds.